The van der Waals surface area contributed by atoms with E-state index in [1.54, 1.807) is 19.1 Å². The summed E-state index contributed by atoms with van der Waals surface area (Å²) in [6.45, 7) is 3.67. The monoisotopic (exact) mass is 261 g/mol. The molecule has 1 amide bonds. The normalized spacial score (nSPS) is 10.2. The average molecular weight is 262 g/mol. The molecule has 0 aliphatic heterocycles. The van der Waals surface area contributed by atoms with E-state index in [4.69, 9.17) is 11.6 Å². The van der Waals surface area contributed by atoms with Gasteiger partial charge in [-0.1, -0.05) is 17.7 Å². The summed E-state index contributed by atoms with van der Waals surface area (Å²) < 4.78 is 0. The molecule has 1 aromatic carbocycles. The van der Waals surface area contributed by atoms with E-state index < -0.39 is 0 Å². The summed E-state index contributed by atoms with van der Waals surface area (Å²) in [5.74, 6) is 0.380. The van der Waals surface area contributed by atoms with E-state index in [0.29, 0.717) is 22.1 Å². The maximum Gasteiger partial charge on any atom is 0.258 e. The first-order valence-electron chi connectivity index (χ1n) is 5.42. The predicted molar refractivity (Wildman–Crippen MR) is 70.9 cm³/mol. The van der Waals surface area contributed by atoms with Crippen molar-refractivity contribution >= 4 is 23.2 Å². The van der Waals surface area contributed by atoms with Gasteiger partial charge in [0.05, 0.1) is 5.56 Å². The first-order valence-corrected chi connectivity index (χ1v) is 5.80. The summed E-state index contributed by atoms with van der Waals surface area (Å²) in [5.41, 5.74) is 2.05. The summed E-state index contributed by atoms with van der Waals surface area (Å²) in [7, 11) is 0. The van der Waals surface area contributed by atoms with Crippen molar-refractivity contribution in [2.45, 2.75) is 13.8 Å². The highest BCUT2D eigenvalue weighted by atomic mass is 35.5. The molecule has 0 saturated carbocycles. The van der Waals surface area contributed by atoms with Crippen LogP contribution in [0.4, 0.5) is 5.69 Å². The highest BCUT2D eigenvalue weighted by molar-refractivity contribution is 6.31. The van der Waals surface area contributed by atoms with Gasteiger partial charge in [0.2, 0.25) is 0 Å². The van der Waals surface area contributed by atoms with Gasteiger partial charge in [0.25, 0.3) is 5.91 Å². The Morgan fingerprint density at radius 3 is 2.56 bits per heavy atom. The van der Waals surface area contributed by atoms with Crippen LogP contribution in [0.15, 0.2) is 30.6 Å². The minimum Gasteiger partial charge on any atom is -0.322 e. The number of carbonyl (C=O) groups excluding carboxylic acids is 1. The van der Waals surface area contributed by atoms with Crippen LogP contribution in [-0.4, -0.2) is 15.9 Å². The molecule has 0 unspecified atom stereocenters. The molecule has 0 atom stereocenters. The quantitative estimate of drug-likeness (QED) is 0.904. The molecule has 0 fully saturated rings. The molecular formula is C13H12ClN3O. The molecule has 18 heavy (non-hydrogen) atoms. The van der Waals surface area contributed by atoms with Gasteiger partial charge in [0.15, 0.2) is 0 Å². The molecule has 5 heteroatoms. The molecule has 0 aliphatic carbocycles. The van der Waals surface area contributed by atoms with Crippen LogP contribution in [0.5, 0.6) is 0 Å². The zero-order chi connectivity index (χ0) is 13.1. The molecule has 1 heterocycles. The van der Waals surface area contributed by atoms with Crippen LogP contribution < -0.4 is 5.32 Å². The lowest BCUT2D eigenvalue weighted by Crippen LogP contribution is -2.13. The summed E-state index contributed by atoms with van der Waals surface area (Å²) in [5, 5.41) is 3.36. The fourth-order valence-corrected chi connectivity index (χ4v) is 1.61. The van der Waals surface area contributed by atoms with Gasteiger partial charge in [-0.25, -0.2) is 9.97 Å². The second-order valence-electron chi connectivity index (χ2n) is 3.93. The van der Waals surface area contributed by atoms with E-state index in [0.717, 1.165) is 5.56 Å². The van der Waals surface area contributed by atoms with Crippen molar-refractivity contribution in [2.24, 2.45) is 0 Å². The van der Waals surface area contributed by atoms with Crippen LogP contribution >= 0.6 is 11.6 Å². The topological polar surface area (TPSA) is 54.9 Å². The van der Waals surface area contributed by atoms with Gasteiger partial charge < -0.3 is 5.32 Å². The van der Waals surface area contributed by atoms with Crippen LogP contribution in [0.3, 0.4) is 0 Å². The van der Waals surface area contributed by atoms with Crippen molar-refractivity contribution in [1.82, 2.24) is 9.97 Å². The Kier molecular flexibility index (Phi) is 3.58. The summed E-state index contributed by atoms with van der Waals surface area (Å²) >= 11 is 5.89. The lowest BCUT2D eigenvalue weighted by atomic mass is 10.2. The SMILES string of the molecule is Cc1ncc(C(=O)Nc2cc(Cl)ccc2C)cn1. The Balaban J connectivity index is 2.21. The van der Waals surface area contributed by atoms with Crippen molar-refractivity contribution in [2.75, 3.05) is 5.32 Å². The Labute approximate surface area is 110 Å². The minimum atomic E-state index is -0.250. The predicted octanol–water partition coefficient (Wildman–Crippen LogP) is 3.00. The highest BCUT2D eigenvalue weighted by Gasteiger charge is 2.08. The Morgan fingerprint density at radius 1 is 1.22 bits per heavy atom. The number of benzene rings is 1. The van der Waals surface area contributed by atoms with Gasteiger partial charge >= 0.3 is 0 Å². The molecule has 2 aromatic rings. The molecular weight excluding hydrogens is 250 g/mol. The van der Waals surface area contributed by atoms with Crippen molar-refractivity contribution < 1.29 is 4.79 Å². The van der Waals surface area contributed by atoms with Crippen LogP contribution in [-0.2, 0) is 0 Å². The van der Waals surface area contributed by atoms with Crippen molar-refractivity contribution in [3.8, 4) is 0 Å². The first kappa shape index (κ1) is 12.5. The van der Waals surface area contributed by atoms with E-state index in [1.165, 1.54) is 12.4 Å². The number of aromatic nitrogens is 2. The van der Waals surface area contributed by atoms with Crippen molar-refractivity contribution in [3.05, 3.63) is 52.6 Å². The zero-order valence-corrected chi connectivity index (χ0v) is 10.8. The molecule has 1 N–H and O–H groups in total. The standard InChI is InChI=1S/C13H12ClN3O/c1-8-3-4-11(14)5-12(8)17-13(18)10-6-15-9(2)16-7-10/h3-7H,1-2H3,(H,17,18). The smallest absolute Gasteiger partial charge is 0.258 e. The third-order valence-electron chi connectivity index (χ3n) is 2.49. The van der Waals surface area contributed by atoms with Crippen molar-refractivity contribution in [3.63, 3.8) is 0 Å². The molecule has 1 aromatic heterocycles. The van der Waals surface area contributed by atoms with Gasteiger partial charge in [-0.3, -0.25) is 4.79 Å². The van der Waals surface area contributed by atoms with E-state index in [9.17, 15) is 4.79 Å². The number of hydrogen-bond acceptors (Lipinski definition) is 3. The summed E-state index contributed by atoms with van der Waals surface area (Å²) in [6, 6.07) is 5.34. The van der Waals surface area contributed by atoms with E-state index in [1.807, 2.05) is 13.0 Å². The minimum absolute atomic E-state index is 0.250. The number of nitrogens with zero attached hydrogens (tertiary/aromatic N) is 2. The molecule has 0 aliphatic rings. The molecule has 92 valence electrons. The van der Waals surface area contributed by atoms with Crippen LogP contribution in [0.25, 0.3) is 0 Å². The summed E-state index contributed by atoms with van der Waals surface area (Å²) in [6.07, 6.45) is 3.00. The van der Waals surface area contributed by atoms with Gasteiger partial charge in [-0.2, -0.15) is 0 Å². The molecule has 0 saturated heterocycles. The molecule has 0 bridgehead atoms. The Bertz CT molecular complexity index is 581. The average Bonchev–Trinajstić information content (AvgIpc) is 2.34. The second kappa shape index (κ2) is 5.14. The highest BCUT2D eigenvalue weighted by Crippen LogP contribution is 2.20. The van der Waals surface area contributed by atoms with E-state index in [-0.39, 0.29) is 5.91 Å². The number of aryl methyl sites for hydroxylation is 2. The largest absolute Gasteiger partial charge is 0.322 e. The zero-order valence-electron chi connectivity index (χ0n) is 10.1. The van der Waals surface area contributed by atoms with Crippen LogP contribution in [0.2, 0.25) is 5.02 Å². The van der Waals surface area contributed by atoms with Gasteiger partial charge in [0.1, 0.15) is 5.82 Å². The Morgan fingerprint density at radius 2 is 1.89 bits per heavy atom. The fourth-order valence-electron chi connectivity index (χ4n) is 1.43. The van der Waals surface area contributed by atoms with Crippen LogP contribution in [0.1, 0.15) is 21.7 Å². The second-order valence-corrected chi connectivity index (χ2v) is 4.37. The van der Waals surface area contributed by atoms with Crippen molar-refractivity contribution in [1.29, 1.82) is 0 Å². The fraction of sp³-hybridized carbons (Fsp3) is 0.154. The van der Waals surface area contributed by atoms with Gasteiger partial charge in [-0.05, 0) is 31.5 Å². The molecule has 0 radical (unpaired) electrons. The van der Waals surface area contributed by atoms with E-state index >= 15 is 0 Å². The lowest BCUT2D eigenvalue weighted by Gasteiger charge is -2.08. The molecule has 2 rings (SSSR count). The maximum absolute atomic E-state index is 12.0. The van der Waals surface area contributed by atoms with Gasteiger partial charge in [-0.15, -0.1) is 0 Å². The first-order chi connectivity index (χ1) is 8.56. The summed E-state index contributed by atoms with van der Waals surface area (Å²) in [4.78, 5) is 19.9. The third kappa shape index (κ3) is 2.84. The molecule has 4 nitrogen and oxygen atoms in total. The van der Waals surface area contributed by atoms with E-state index in [2.05, 4.69) is 15.3 Å². The lowest BCUT2D eigenvalue weighted by molar-refractivity contribution is 0.102. The maximum atomic E-state index is 12.0. The molecule has 0 spiro atoms. The Hall–Kier alpha value is -1.94. The number of rotatable bonds is 2. The van der Waals surface area contributed by atoms with Crippen LogP contribution in [0, 0.1) is 13.8 Å². The number of halogens is 1. The number of nitrogens with one attached hydrogen (secondary N) is 1. The van der Waals surface area contributed by atoms with Gasteiger partial charge in [0, 0.05) is 23.1 Å². The number of anilines is 1. The number of amides is 1. The third-order valence-corrected chi connectivity index (χ3v) is 2.73. The number of carbonyl (C=O) groups is 1. The number of hydrogen-bond donors (Lipinski definition) is 1.